The fraction of sp³-hybridized carbons (Fsp3) is 0.667. The predicted molar refractivity (Wildman–Crippen MR) is 166 cm³/mol. The summed E-state index contributed by atoms with van der Waals surface area (Å²) in [4.78, 5) is 66.6. The van der Waals surface area contributed by atoms with Gasteiger partial charge in [0.05, 0.1) is 31.6 Å². The number of nitrogens with one attached hydrogen (secondary N) is 3. The van der Waals surface area contributed by atoms with Crippen molar-refractivity contribution < 1.29 is 33.4 Å². The molecule has 11 heteroatoms. The quantitative estimate of drug-likeness (QED) is 0.254. The lowest BCUT2D eigenvalue weighted by Crippen LogP contribution is -2.57. The van der Waals surface area contributed by atoms with Gasteiger partial charge in [0.15, 0.2) is 11.6 Å². The van der Waals surface area contributed by atoms with Crippen LogP contribution in [0.4, 0.5) is 4.79 Å². The van der Waals surface area contributed by atoms with E-state index in [1.807, 2.05) is 30.3 Å². The van der Waals surface area contributed by atoms with E-state index >= 15 is 0 Å². The number of nitrogens with zero attached hydrogens (tertiary/aromatic N) is 1. The molecule has 0 radical (unpaired) electrons. The number of alkyl carbamates (subject to hydrolysis) is 1. The summed E-state index contributed by atoms with van der Waals surface area (Å²) in [5.41, 5.74) is -0.894. The Labute approximate surface area is 261 Å². The second-order valence-corrected chi connectivity index (χ2v) is 13.2. The van der Waals surface area contributed by atoms with Gasteiger partial charge in [0.25, 0.3) is 0 Å². The molecule has 0 saturated heterocycles. The van der Waals surface area contributed by atoms with E-state index in [1.54, 1.807) is 34.9 Å². The standard InChI is InChI=1S/C33H50N4O7/c1-32(2,3)44-28(40)19-25(30(41)37(4)5)34-20-26(38)29(24-15-9-10-16-24)35-21-27(39)33(17-11-12-18-33)36-31(42)43-22-23-13-7-6-8-14-23/h6-8,13-14,24-25,29,34-35H,9-12,15-22H2,1-5H3,(H,36,42)/t25-,29-/m0/s1. The monoisotopic (exact) mass is 614 g/mol. The number of ether oxygens (including phenoxy) is 2. The molecular weight excluding hydrogens is 564 g/mol. The van der Waals surface area contributed by atoms with E-state index in [2.05, 4.69) is 16.0 Å². The molecule has 244 valence electrons. The first-order valence-electron chi connectivity index (χ1n) is 15.7. The largest absolute Gasteiger partial charge is 0.460 e. The molecule has 0 aliphatic heterocycles. The Kier molecular flexibility index (Phi) is 12.9. The first-order valence-corrected chi connectivity index (χ1v) is 15.7. The molecule has 3 rings (SSSR count). The molecule has 1 aromatic carbocycles. The molecule has 0 spiro atoms. The predicted octanol–water partition coefficient (Wildman–Crippen LogP) is 3.29. The van der Waals surface area contributed by atoms with Gasteiger partial charge in [-0.25, -0.2) is 4.79 Å². The number of carbonyl (C=O) groups excluding carboxylic acids is 5. The Hall–Kier alpha value is -3.31. The third-order valence-electron chi connectivity index (χ3n) is 8.30. The average Bonchev–Trinajstić information content (AvgIpc) is 3.67. The number of hydrogen-bond acceptors (Lipinski definition) is 9. The van der Waals surface area contributed by atoms with E-state index in [0.29, 0.717) is 12.8 Å². The van der Waals surface area contributed by atoms with Crippen LogP contribution in [0.5, 0.6) is 0 Å². The average molecular weight is 615 g/mol. The highest BCUT2D eigenvalue weighted by molar-refractivity contribution is 5.94. The molecule has 0 aromatic heterocycles. The Morgan fingerprint density at radius 3 is 2.16 bits per heavy atom. The van der Waals surface area contributed by atoms with Crippen LogP contribution in [0.1, 0.15) is 84.1 Å². The molecule has 0 bridgehead atoms. The van der Waals surface area contributed by atoms with Crippen molar-refractivity contribution in [2.24, 2.45) is 5.92 Å². The second-order valence-electron chi connectivity index (χ2n) is 13.2. The van der Waals surface area contributed by atoms with Crippen LogP contribution in [0.25, 0.3) is 0 Å². The van der Waals surface area contributed by atoms with Gasteiger partial charge in [0.2, 0.25) is 5.91 Å². The molecule has 3 N–H and O–H groups in total. The van der Waals surface area contributed by atoms with Crippen LogP contribution in [0.3, 0.4) is 0 Å². The number of benzene rings is 1. The van der Waals surface area contributed by atoms with E-state index < -0.39 is 35.3 Å². The van der Waals surface area contributed by atoms with E-state index in [-0.39, 0.29) is 49.5 Å². The molecule has 44 heavy (non-hydrogen) atoms. The highest BCUT2D eigenvalue weighted by atomic mass is 16.6. The minimum Gasteiger partial charge on any atom is -0.460 e. The highest BCUT2D eigenvalue weighted by Crippen LogP contribution is 2.32. The molecule has 0 heterocycles. The van der Waals surface area contributed by atoms with Gasteiger partial charge < -0.3 is 25.0 Å². The third kappa shape index (κ3) is 10.7. The summed E-state index contributed by atoms with van der Waals surface area (Å²) in [6.45, 7) is 5.13. The Morgan fingerprint density at radius 1 is 0.932 bits per heavy atom. The molecule has 2 amide bonds. The molecule has 2 fully saturated rings. The number of likely N-dealkylation sites (N-methyl/N-ethyl adjacent to an activating group) is 1. The summed E-state index contributed by atoms with van der Waals surface area (Å²) in [6, 6.07) is 7.80. The Balaban J connectivity index is 1.63. The summed E-state index contributed by atoms with van der Waals surface area (Å²) >= 11 is 0. The van der Waals surface area contributed by atoms with Crippen molar-refractivity contribution in [3.8, 4) is 0 Å². The number of ketones is 2. The number of esters is 1. The molecule has 1 aromatic rings. The van der Waals surface area contributed by atoms with Gasteiger partial charge in [-0.2, -0.15) is 0 Å². The van der Waals surface area contributed by atoms with Crippen LogP contribution in [-0.2, 0) is 35.3 Å². The van der Waals surface area contributed by atoms with Crippen LogP contribution in [0, 0.1) is 5.92 Å². The van der Waals surface area contributed by atoms with E-state index in [9.17, 15) is 24.0 Å². The molecule has 0 unspecified atom stereocenters. The number of amides is 2. The maximum atomic E-state index is 13.6. The summed E-state index contributed by atoms with van der Waals surface area (Å²) in [6.07, 6.45) is 5.47. The van der Waals surface area contributed by atoms with Crippen LogP contribution in [0.2, 0.25) is 0 Å². The van der Waals surface area contributed by atoms with Crippen molar-refractivity contribution in [1.82, 2.24) is 20.9 Å². The SMILES string of the molecule is CN(C)C(=O)[C@H](CC(=O)OC(C)(C)C)NCC(=O)[C@@H](NCC(=O)C1(NC(=O)OCc2ccccc2)CCCC1)C1CCCC1. The zero-order valence-electron chi connectivity index (χ0n) is 26.9. The van der Waals surface area contributed by atoms with Crippen LogP contribution < -0.4 is 16.0 Å². The second kappa shape index (κ2) is 16.1. The molecule has 2 atom stereocenters. The third-order valence-corrected chi connectivity index (χ3v) is 8.30. The lowest BCUT2D eigenvalue weighted by molar-refractivity contribution is -0.157. The zero-order chi connectivity index (χ0) is 32.3. The topological polar surface area (TPSA) is 143 Å². The summed E-state index contributed by atoms with van der Waals surface area (Å²) in [5.74, 6) is -1.18. The molecular formula is C33H50N4O7. The molecule has 2 aliphatic carbocycles. The number of hydrogen-bond donors (Lipinski definition) is 3. The van der Waals surface area contributed by atoms with E-state index in [0.717, 1.165) is 44.1 Å². The Bertz CT molecular complexity index is 1140. The first-order chi connectivity index (χ1) is 20.8. The van der Waals surface area contributed by atoms with Crippen molar-refractivity contribution in [3.63, 3.8) is 0 Å². The maximum absolute atomic E-state index is 13.6. The number of Topliss-reactive ketones (excluding diaryl/α,β-unsaturated/α-hetero) is 2. The minimum absolute atomic E-state index is 0.0503. The van der Waals surface area contributed by atoms with Gasteiger partial charge in [0.1, 0.15) is 17.7 Å². The fourth-order valence-corrected chi connectivity index (χ4v) is 6.05. The maximum Gasteiger partial charge on any atom is 0.408 e. The highest BCUT2D eigenvalue weighted by Gasteiger charge is 2.43. The first kappa shape index (κ1) is 35.2. The lowest BCUT2D eigenvalue weighted by atomic mass is 9.90. The van der Waals surface area contributed by atoms with Gasteiger partial charge in [-0.1, -0.05) is 56.0 Å². The van der Waals surface area contributed by atoms with Gasteiger partial charge >= 0.3 is 12.1 Å². The van der Waals surface area contributed by atoms with Gasteiger partial charge in [-0.15, -0.1) is 0 Å². The van der Waals surface area contributed by atoms with Crippen molar-refractivity contribution in [1.29, 1.82) is 0 Å². The van der Waals surface area contributed by atoms with Gasteiger partial charge in [0, 0.05) is 14.1 Å². The summed E-state index contributed by atoms with van der Waals surface area (Å²) in [7, 11) is 3.18. The van der Waals surface area contributed by atoms with Gasteiger partial charge in [-0.3, -0.25) is 24.5 Å². The minimum atomic E-state index is -1.04. The Morgan fingerprint density at radius 2 is 1.57 bits per heavy atom. The van der Waals surface area contributed by atoms with E-state index in [4.69, 9.17) is 9.47 Å². The van der Waals surface area contributed by atoms with Crippen LogP contribution in [-0.4, -0.2) is 84.8 Å². The number of carbonyl (C=O) groups is 5. The van der Waals surface area contributed by atoms with E-state index in [1.165, 1.54) is 4.90 Å². The number of rotatable bonds is 15. The lowest BCUT2D eigenvalue weighted by Gasteiger charge is -2.30. The summed E-state index contributed by atoms with van der Waals surface area (Å²) in [5, 5.41) is 9.06. The van der Waals surface area contributed by atoms with Crippen LogP contribution in [0.15, 0.2) is 30.3 Å². The normalized spacial score (nSPS) is 17.8. The van der Waals surface area contributed by atoms with Gasteiger partial charge in [-0.05, 0) is 57.9 Å². The summed E-state index contributed by atoms with van der Waals surface area (Å²) < 4.78 is 10.8. The van der Waals surface area contributed by atoms with Crippen molar-refractivity contribution in [2.45, 2.75) is 108 Å². The fourth-order valence-electron chi connectivity index (χ4n) is 6.05. The smallest absolute Gasteiger partial charge is 0.408 e. The van der Waals surface area contributed by atoms with Crippen molar-refractivity contribution >= 4 is 29.5 Å². The van der Waals surface area contributed by atoms with Crippen LogP contribution >= 0.6 is 0 Å². The zero-order valence-corrected chi connectivity index (χ0v) is 26.9. The van der Waals surface area contributed by atoms with Crippen molar-refractivity contribution in [2.75, 3.05) is 27.2 Å². The molecule has 11 nitrogen and oxygen atoms in total. The van der Waals surface area contributed by atoms with Crippen molar-refractivity contribution in [3.05, 3.63) is 35.9 Å². The molecule has 2 aliphatic rings. The molecule has 2 saturated carbocycles.